The number of aromatic nitrogens is 2. The molecular weight excluding hydrogens is 210 g/mol. The Morgan fingerprint density at radius 2 is 1.82 bits per heavy atom. The van der Waals surface area contributed by atoms with E-state index in [-0.39, 0.29) is 12.0 Å². The van der Waals surface area contributed by atoms with E-state index in [4.69, 9.17) is 5.73 Å². The molecule has 1 heterocycles. The molecule has 0 saturated carbocycles. The molecule has 2 rings (SSSR count). The standard InChI is InChI=1S/C14H19N3/c1-4-11(9(2)15)14-13-8-6-5-7-12(13)10(3)16-17-14/h5-9,11H,4,15H2,1-3H3. The van der Waals surface area contributed by atoms with E-state index in [1.54, 1.807) is 0 Å². The Balaban J connectivity index is 2.66. The van der Waals surface area contributed by atoms with Crippen LogP contribution in [-0.4, -0.2) is 16.2 Å². The fourth-order valence-electron chi connectivity index (χ4n) is 2.35. The first-order chi connectivity index (χ1) is 8.15. The zero-order valence-electron chi connectivity index (χ0n) is 10.6. The van der Waals surface area contributed by atoms with Crippen LogP contribution in [-0.2, 0) is 0 Å². The number of hydrogen-bond acceptors (Lipinski definition) is 3. The molecule has 3 nitrogen and oxygen atoms in total. The Kier molecular flexibility index (Phi) is 3.38. The second-order valence-corrected chi connectivity index (χ2v) is 4.59. The highest BCUT2D eigenvalue weighted by molar-refractivity contribution is 5.86. The SMILES string of the molecule is CCC(c1nnc(C)c2ccccc12)C(C)N. The van der Waals surface area contributed by atoms with Gasteiger partial charge in [-0.05, 0) is 20.3 Å². The molecule has 2 atom stereocenters. The summed E-state index contributed by atoms with van der Waals surface area (Å²) < 4.78 is 0. The van der Waals surface area contributed by atoms with Crippen molar-refractivity contribution in [1.29, 1.82) is 0 Å². The lowest BCUT2D eigenvalue weighted by atomic mass is 9.91. The van der Waals surface area contributed by atoms with Crippen molar-refractivity contribution in [3.05, 3.63) is 35.7 Å². The van der Waals surface area contributed by atoms with Gasteiger partial charge < -0.3 is 5.73 Å². The van der Waals surface area contributed by atoms with Gasteiger partial charge in [-0.2, -0.15) is 10.2 Å². The van der Waals surface area contributed by atoms with Crippen molar-refractivity contribution in [2.75, 3.05) is 0 Å². The van der Waals surface area contributed by atoms with Crippen LogP contribution in [0.4, 0.5) is 0 Å². The van der Waals surface area contributed by atoms with Crippen LogP contribution in [0.5, 0.6) is 0 Å². The molecule has 2 N–H and O–H groups in total. The van der Waals surface area contributed by atoms with Crippen molar-refractivity contribution in [2.24, 2.45) is 5.73 Å². The van der Waals surface area contributed by atoms with E-state index in [0.29, 0.717) is 0 Å². The third-order valence-corrected chi connectivity index (χ3v) is 3.33. The lowest BCUT2D eigenvalue weighted by Gasteiger charge is -2.19. The van der Waals surface area contributed by atoms with Crippen molar-refractivity contribution in [2.45, 2.75) is 39.2 Å². The van der Waals surface area contributed by atoms with Gasteiger partial charge >= 0.3 is 0 Å². The number of nitrogens with zero attached hydrogens (tertiary/aromatic N) is 2. The Labute approximate surface area is 102 Å². The van der Waals surface area contributed by atoms with Crippen LogP contribution in [0, 0.1) is 6.92 Å². The van der Waals surface area contributed by atoms with Gasteiger partial charge in [-0.3, -0.25) is 0 Å². The third-order valence-electron chi connectivity index (χ3n) is 3.33. The van der Waals surface area contributed by atoms with Crippen LogP contribution in [0.15, 0.2) is 24.3 Å². The molecule has 0 aliphatic rings. The zero-order valence-corrected chi connectivity index (χ0v) is 10.6. The number of benzene rings is 1. The second kappa shape index (κ2) is 4.80. The van der Waals surface area contributed by atoms with Crippen LogP contribution in [0.25, 0.3) is 10.8 Å². The summed E-state index contributed by atoms with van der Waals surface area (Å²) in [6.07, 6.45) is 0.986. The summed E-state index contributed by atoms with van der Waals surface area (Å²) in [5.41, 5.74) is 8.05. The predicted octanol–water partition coefficient (Wildman–Crippen LogP) is 2.78. The Bertz CT molecular complexity index is 520. The van der Waals surface area contributed by atoms with E-state index >= 15 is 0 Å². The lowest BCUT2D eigenvalue weighted by Crippen LogP contribution is -2.25. The number of rotatable bonds is 3. The summed E-state index contributed by atoms with van der Waals surface area (Å²) in [7, 11) is 0. The van der Waals surface area contributed by atoms with Crippen molar-refractivity contribution in [1.82, 2.24) is 10.2 Å². The monoisotopic (exact) mass is 229 g/mol. The number of fused-ring (bicyclic) bond motifs is 1. The normalized spacial score (nSPS) is 14.8. The van der Waals surface area contributed by atoms with Gasteiger partial charge in [0.1, 0.15) is 0 Å². The topological polar surface area (TPSA) is 51.8 Å². The van der Waals surface area contributed by atoms with Crippen molar-refractivity contribution in [3.8, 4) is 0 Å². The van der Waals surface area contributed by atoms with E-state index in [9.17, 15) is 0 Å². The molecule has 0 aliphatic carbocycles. The Hall–Kier alpha value is -1.48. The average Bonchev–Trinajstić information content (AvgIpc) is 2.33. The molecule has 1 aromatic heterocycles. The van der Waals surface area contributed by atoms with Crippen LogP contribution >= 0.6 is 0 Å². The summed E-state index contributed by atoms with van der Waals surface area (Å²) in [4.78, 5) is 0. The highest BCUT2D eigenvalue weighted by atomic mass is 15.1. The van der Waals surface area contributed by atoms with Gasteiger partial charge in [-0.1, -0.05) is 31.2 Å². The first kappa shape index (κ1) is 12.0. The maximum atomic E-state index is 6.04. The van der Waals surface area contributed by atoms with Gasteiger partial charge in [-0.15, -0.1) is 0 Å². The minimum absolute atomic E-state index is 0.0976. The molecule has 90 valence electrons. The molecular formula is C14H19N3. The molecule has 0 saturated heterocycles. The Morgan fingerprint density at radius 3 is 2.41 bits per heavy atom. The highest BCUT2D eigenvalue weighted by Gasteiger charge is 2.19. The molecule has 2 unspecified atom stereocenters. The quantitative estimate of drug-likeness (QED) is 0.880. The maximum absolute atomic E-state index is 6.04. The molecule has 0 radical (unpaired) electrons. The highest BCUT2D eigenvalue weighted by Crippen LogP contribution is 2.28. The Morgan fingerprint density at radius 1 is 1.18 bits per heavy atom. The largest absolute Gasteiger partial charge is 0.327 e. The van der Waals surface area contributed by atoms with Gasteiger partial charge in [0.2, 0.25) is 0 Å². The fraction of sp³-hybridized carbons (Fsp3) is 0.429. The summed E-state index contributed by atoms with van der Waals surface area (Å²) in [5, 5.41) is 11.0. The molecule has 17 heavy (non-hydrogen) atoms. The fourth-order valence-corrected chi connectivity index (χ4v) is 2.35. The van der Waals surface area contributed by atoms with E-state index in [2.05, 4.69) is 29.3 Å². The summed E-state index contributed by atoms with van der Waals surface area (Å²) in [6.45, 7) is 6.17. The molecule has 0 spiro atoms. The maximum Gasteiger partial charge on any atom is 0.0755 e. The summed E-state index contributed by atoms with van der Waals surface area (Å²) >= 11 is 0. The van der Waals surface area contributed by atoms with Gasteiger partial charge in [0.05, 0.1) is 11.4 Å². The zero-order chi connectivity index (χ0) is 12.4. The van der Waals surface area contributed by atoms with Crippen molar-refractivity contribution >= 4 is 10.8 Å². The predicted molar refractivity (Wildman–Crippen MR) is 71.0 cm³/mol. The van der Waals surface area contributed by atoms with Crippen LogP contribution in [0.1, 0.15) is 37.6 Å². The van der Waals surface area contributed by atoms with Crippen LogP contribution in [0.3, 0.4) is 0 Å². The third kappa shape index (κ3) is 2.15. The van der Waals surface area contributed by atoms with E-state index in [1.165, 1.54) is 10.8 Å². The van der Waals surface area contributed by atoms with Gasteiger partial charge in [-0.25, -0.2) is 0 Å². The second-order valence-electron chi connectivity index (χ2n) is 4.59. The number of aryl methyl sites for hydroxylation is 1. The van der Waals surface area contributed by atoms with Crippen molar-refractivity contribution < 1.29 is 0 Å². The van der Waals surface area contributed by atoms with E-state index < -0.39 is 0 Å². The minimum atomic E-state index is 0.0976. The molecule has 0 bridgehead atoms. The van der Waals surface area contributed by atoms with Gasteiger partial charge in [0.15, 0.2) is 0 Å². The average molecular weight is 229 g/mol. The van der Waals surface area contributed by atoms with E-state index in [0.717, 1.165) is 17.8 Å². The first-order valence-electron chi connectivity index (χ1n) is 6.12. The number of nitrogens with two attached hydrogens (primary N) is 1. The molecule has 0 aliphatic heterocycles. The first-order valence-corrected chi connectivity index (χ1v) is 6.12. The summed E-state index contributed by atoms with van der Waals surface area (Å²) in [5.74, 6) is 0.271. The smallest absolute Gasteiger partial charge is 0.0755 e. The number of hydrogen-bond donors (Lipinski definition) is 1. The van der Waals surface area contributed by atoms with Crippen LogP contribution in [0.2, 0.25) is 0 Å². The van der Waals surface area contributed by atoms with E-state index in [1.807, 2.05) is 26.0 Å². The lowest BCUT2D eigenvalue weighted by molar-refractivity contribution is 0.538. The molecule has 1 aromatic carbocycles. The summed E-state index contributed by atoms with van der Waals surface area (Å²) in [6, 6.07) is 8.38. The minimum Gasteiger partial charge on any atom is -0.327 e. The molecule has 0 fully saturated rings. The van der Waals surface area contributed by atoms with Gasteiger partial charge in [0.25, 0.3) is 0 Å². The molecule has 0 amide bonds. The van der Waals surface area contributed by atoms with Crippen molar-refractivity contribution in [3.63, 3.8) is 0 Å². The van der Waals surface area contributed by atoms with Gasteiger partial charge in [0, 0.05) is 22.7 Å². The van der Waals surface area contributed by atoms with Crippen LogP contribution < -0.4 is 5.73 Å². The molecule has 2 aromatic rings. The molecule has 3 heteroatoms.